The lowest BCUT2D eigenvalue weighted by atomic mass is 9.87. The van der Waals surface area contributed by atoms with E-state index < -0.39 is 29.5 Å². The minimum Gasteiger partial charge on any atom is -0.493 e. The van der Waals surface area contributed by atoms with Gasteiger partial charge in [0.25, 0.3) is 0 Å². The van der Waals surface area contributed by atoms with Crippen LogP contribution >= 0.6 is 11.6 Å². The first-order valence-electron chi connectivity index (χ1n) is 10.1. The number of benzene rings is 3. The monoisotopic (exact) mass is 476 g/mol. The molecule has 2 amide bonds. The largest absolute Gasteiger partial charge is 0.493 e. The number of nitrogens with one attached hydrogen (secondary N) is 1. The summed E-state index contributed by atoms with van der Waals surface area (Å²) in [4.78, 5) is 14.6. The lowest BCUT2D eigenvalue weighted by Gasteiger charge is -2.38. The summed E-state index contributed by atoms with van der Waals surface area (Å²) in [5.41, 5.74) is 1.16. The number of halogens is 4. The van der Waals surface area contributed by atoms with Crippen molar-refractivity contribution < 1.29 is 27.4 Å². The van der Waals surface area contributed by atoms with Gasteiger partial charge in [0.15, 0.2) is 11.5 Å². The number of ether oxygens (including phenoxy) is 2. The van der Waals surface area contributed by atoms with Gasteiger partial charge in [-0.1, -0.05) is 17.7 Å². The number of hydrogen-bond acceptors (Lipinski definition) is 3. The van der Waals surface area contributed by atoms with E-state index in [4.69, 9.17) is 21.1 Å². The van der Waals surface area contributed by atoms with Crippen LogP contribution in [0.5, 0.6) is 11.5 Å². The highest BCUT2D eigenvalue weighted by Gasteiger charge is 2.36. The standard InChI is InChI=1S/C24H20ClF3N2O3/c1-32-20-10-13-8-9-30(24(31)29-19-11-14(26)6-7-17(19)27)23(15(13)12-21(20)33-2)22-16(25)4-3-5-18(22)28/h3-7,10-12,23H,8-9H2,1-2H3,(H,29,31)/t23-/m1/s1. The van der Waals surface area contributed by atoms with Gasteiger partial charge in [0, 0.05) is 23.2 Å². The molecule has 0 radical (unpaired) electrons. The molecule has 0 fully saturated rings. The van der Waals surface area contributed by atoms with Crippen LogP contribution in [0.25, 0.3) is 0 Å². The topological polar surface area (TPSA) is 50.8 Å². The van der Waals surface area contributed by atoms with Crippen LogP contribution in [0.4, 0.5) is 23.7 Å². The molecule has 33 heavy (non-hydrogen) atoms. The van der Waals surface area contributed by atoms with Gasteiger partial charge in [-0.15, -0.1) is 0 Å². The summed E-state index contributed by atoms with van der Waals surface area (Å²) >= 11 is 6.37. The number of nitrogens with zero attached hydrogens (tertiary/aromatic N) is 1. The number of anilines is 1. The second-order valence-electron chi connectivity index (χ2n) is 7.44. The molecule has 172 valence electrons. The molecule has 1 aliphatic heterocycles. The van der Waals surface area contributed by atoms with Crippen LogP contribution in [-0.2, 0) is 6.42 Å². The highest BCUT2D eigenvalue weighted by molar-refractivity contribution is 6.31. The molecule has 9 heteroatoms. The number of hydrogen-bond donors (Lipinski definition) is 1. The van der Waals surface area contributed by atoms with Crippen molar-refractivity contribution in [2.75, 3.05) is 26.1 Å². The molecule has 1 heterocycles. The van der Waals surface area contributed by atoms with Crippen molar-refractivity contribution in [3.8, 4) is 11.5 Å². The maximum absolute atomic E-state index is 15.0. The molecule has 4 rings (SSSR count). The Kier molecular flexibility index (Phi) is 6.37. The van der Waals surface area contributed by atoms with Gasteiger partial charge in [-0.3, -0.25) is 0 Å². The van der Waals surface area contributed by atoms with Gasteiger partial charge >= 0.3 is 6.03 Å². The average molecular weight is 477 g/mol. The number of urea groups is 1. The molecule has 1 N–H and O–H groups in total. The molecular formula is C24H20ClF3N2O3. The number of amides is 2. The van der Waals surface area contributed by atoms with Crippen LogP contribution in [0.15, 0.2) is 48.5 Å². The highest BCUT2D eigenvalue weighted by atomic mass is 35.5. The van der Waals surface area contributed by atoms with Crippen molar-refractivity contribution in [3.05, 3.63) is 87.7 Å². The number of rotatable bonds is 4. The van der Waals surface area contributed by atoms with Gasteiger partial charge < -0.3 is 19.7 Å². The Balaban J connectivity index is 1.83. The zero-order chi connectivity index (χ0) is 23.7. The second-order valence-corrected chi connectivity index (χ2v) is 7.85. The van der Waals surface area contributed by atoms with E-state index in [0.717, 1.165) is 23.8 Å². The molecule has 5 nitrogen and oxygen atoms in total. The number of methoxy groups -OCH3 is 2. The highest BCUT2D eigenvalue weighted by Crippen LogP contribution is 2.43. The van der Waals surface area contributed by atoms with Crippen molar-refractivity contribution in [1.82, 2.24) is 4.90 Å². The Labute approximate surface area is 193 Å². The van der Waals surface area contributed by atoms with Crippen LogP contribution in [0.1, 0.15) is 22.7 Å². The zero-order valence-electron chi connectivity index (χ0n) is 17.8. The number of fused-ring (bicyclic) bond motifs is 1. The Morgan fingerprint density at radius 1 is 1.03 bits per heavy atom. The normalized spacial score (nSPS) is 15.1. The van der Waals surface area contributed by atoms with E-state index in [9.17, 15) is 13.6 Å². The SMILES string of the molecule is COc1cc2c(cc1OC)[C@H](c1c(F)cccc1Cl)N(C(=O)Nc1cc(F)ccc1F)CC2. The van der Waals surface area contributed by atoms with Crippen molar-refractivity contribution in [1.29, 1.82) is 0 Å². The maximum atomic E-state index is 15.0. The third-order valence-corrected chi connectivity index (χ3v) is 5.91. The van der Waals surface area contributed by atoms with Gasteiger partial charge in [-0.05, 0) is 53.9 Å². The van der Waals surface area contributed by atoms with E-state index in [-0.39, 0.29) is 22.8 Å². The summed E-state index contributed by atoms with van der Waals surface area (Å²) in [6, 6.07) is 8.75. The molecule has 1 aliphatic rings. The van der Waals surface area contributed by atoms with Crippen molar-refractivity contribution >= 4 is 23.3 Å². The van der Waals surface area contributed by atoms with E-state index in [1.54, 1.807) is 12.1 Å². The van der Waals surface area contributed by atoms with Gasteiger partial charge in [-0.25, -0.2) is 18.0 Å². The Hall–Kier alpha value is -3.39. The first-order chi connectivity index (χ1) is 15.8. The van der Waals surface area contributed by atoms with Crippen LogP contribution in [-0.4, -0.2) is 31.7 Å². The molecule has 0 aliphatic carbocycles. The second kappa shape index (κ2) is 9.23. The van der Waals surface area contributed by atoms with Crippen molar-refractivity contribution in [2.45, 2.75) is 12.5 Å². The minimum absolute atomic E-state index is 0.0854. The van der Waals surface area contributed by atoms with Crippen molar-refractivity contribution in [2.24, 2.45) is 0 Å². The molecule has 0 aromatic heterocycles. The molecular weight excluding hydrogens is 457 g/mol. The summed E-state index contributed by atoms with van der Waals surface area (Å²) in [5.74, 6) is -1.22. The quantitative estimate of drug-likeness (QED) is 0.506. The smallest absolute Gasteiger partial charge is 0.322 e. The average Bonchev–Trinajstić information content (AvgIpc) is 2.80. The number of carbonyl (C=O) groups is 1. The Morgan fingerprint density at radius 2 is 1.76 bits per heavy atom. The third kappa shape index (κ3) is 4.30. The fraction of sp³-hybridized carbons (Fsp3) is 0.208. The van der Waals surface area contributed by atoms with Gasteiger partial charge in [0.2, 0.25) is 0 Å². The lowest BCUT2D eigenvalue weighted by Crippen LogP contribution is -2.43. The lowest BCUT2D eigenvalue weighted by molar-refractivity contribution is 0.192. The van der Waals surface area contributed by atoms with Crippen LogP contribution < -0.4 is 14.8 Å². The molecule has 0 unspecified atom stereocenters. The molecule has 1 atom stereocenters. The Bertz CT molecular complexity index is 1200. The summed E-state index contributed by atoms with van der Waals surface area (Å²) in [6.45, 7) is 0.167. The van der Waals surface area contributed by atoms with E-state index in [2.05, 4.69) is 5.32 Å². The fourth-order valence-electron chi connectivity index (χ4n) is 4.03. The summed E-state index contributed by atoms with van der Waals surface area (Å²) in [6.07, 6.45) is 0.414. The predicted molar refractivity (Wildman–Crippen MR) is 119 cm³/mol. The van der Waals surface area contributed by atoms with Crippen LogP contribution in [0.3, 0.4) is 0 Å². The first kappa shape index (κ1) is 22.8. The first-order valence-corrected chi connectivity index (χ1v) is 10.4. The third-order valence-electron chi connectivity index (χ3n) is 5.58. The van der Waals surface area contributed by atoms with Crippen LogP contribution in [0, 0.1) is 17.5 Å². The van der Waals surface area contributed by atoms with Gasteiger partial charge in [0.05, 0.1) is 25.9 Å². The van der Waals surface area contributed by atoms with E-state index in [0.29, 0.717) is 23.5 Å². The van der Waals surface area contributed by atoms with Crippen molar-refractivity contribution in [3.63, 3.8) is 0 Å². The van der Waals surface area contributed by atoms with E-state index in [1.165, 1.54) is 37.3 Å². The van der Waals surface area contributed by atoms with E-state index >= 15 is 4.39 Å². The zero-order valence-corrected chi connectivity index (χ0v) is 18.6. The number of carbonyl (C=O) groups excluding carboxylic acids is 1. The summed E-state index contributed by atoms with van der Waals surface area (Å²) < 4.78 is 53.6. The predicted octanol–water partition coefficient (Wildman–Crippen LogP) is 5.95. The van der Waals surface area contributed by atoms with Gasteiger partial charge in [-0.2, -0.15) is 0 Å². The minimum atomic E-state index is -0.945. The summed E-state index contributed by atoms with van der Waals surface area (Å²) in [5, 5.41) is 2.51. The maximum Gasteiger partial charge on any atom is 0.322 e. The molecule has 0 saturated heterocycles. The van der Waals surface area contributed by atoms with Gasteiger partial charge in [0.1, 0.15) is 17.5 Å². The Morgan fingerprint density at radius 3 is 2.45 bits per heavy atom. The molecule has 3 aromatic rings. The molecule has 0 saturated carbocycles. The van der Waals surface area contributed by atoms with E-state index in [1.807, 2.05) is 0 Å². The molecule has 0 spiro atoms. The summed E-state index contributed by atoms with van der Waals surface area (Å²) in [7, 11) is 2.97. The molecule has 0 bridgehead atoms. The molecule has 3 aromatic carbocycles. The van der Waals surface area contributed by atoms with Crippen LogP contribution in [0.2, 0.25) is 5.02 Å². The fourth-order valence-corrected chi connectivity index (χ4v) is 4.29.